The zero-order valence-corrected chi connectivity index (χ0v) is 11.7. The highest BCUT2D eigenvalue weighted by Crippen LogP contribution is 2.26. The second-order valence-electron chi connectivity index (χ2n) is 5.42. The van der Waals surface area contributed by atoms with Gasteiger partial charge in [0.25, 0.3) is 0 Å². The summed E-state index contributed by atoms with van der Waals surface area (Å²) in [4.78, 5) is 13.1. The van der Waals surface area contributed by atoms with Gasteiger partial charge in [-0.2, -0.15) is 0 Å². The summed E-state index contributed by atoms with van der Waals surface area (Å²) in [5.74, 6) is -2.08. The van der Waals surface area contributed by atoms with Gasteiger partial charge in [0.05, 0.1) is 16.9 Å². The van der Waals surface area contributed by atoms with E-state index >= 15 is 0 Å². The lowest BCUT2D eigenvalue weighted by Gasteiger charge is -2.36. The van der Waals surface area contributed by atoms with Crippen LogP contribution < -0.4 is 11.1 Å². The van der Waals surface area contributed by atoms with Crippen molar-refractivity contribution in [2.24, 2.45) is 0 Å². The zero-order chi connectivity index (χ0) is 14.9. The van der Waals surface area contributed by atoms with Crippen LogP contribution in [-0.4, -0.2) is 41.7 Å². The molecule has 2 rings (SSSR count). The quantitative estimate of drug-likeness (QED) is 0.739. The van der Waals surface area contributed by atoms with Crippen LogP contribution in [0.2, 0.25) is 0 Å². The Kier molecular flexibility index (Phi) is 4.13. The van der Waals surface area contributed by atoms with Gasteiger partial charge in [0.15, 0.2) is 0 Å². The number of hydrogen-bond donors (Lipinski definition) is 3. The second-order valence-corrected chi connectivity index (χ2v) is 5.42. The van der Waals surface area contributed by atoms with Crippen molar-refractivity contribution in [3.8, 4) is 0 Å². The smallest absolute Gasteiger partial charge is 0.338 e. The van der Waals surface area contributed by atoms with Gasteiger partial charge in [-0.15, -0.1) is 0 Å². The highest BCUT2D eigenvalue weighted by Gasteiger charge is 2.23. The second kappa shape index (κ2) is 5.66. The number of hydrogen-bond acceptors (Lipinski definition) is 4. The number of carboxylic acids is 1. The minimum Gasteiger partial charge on any atom is -0.478 e. The van der Waals surface area contributed by atoms with Crippen LogP contribution >= 0.6 is 0 Å². The number of halogens is 1. The molecule has 0 radical (unpaired) electrons. The molecule has 20 heavy (non-hydrogen) atoms. The average molecular weight is 281 g/mol. The molecule has 1 saturated heterocycles. The molecule has 2 atom stereocenters. The Hall–Kier alpha value is -1.82. The number of benzene rings is 1. The number of carbonyl (C=O) groups is 1. The van der Waals surface area contributed by atoms with E-state index in [0.717, 1.165) is 19.4 Å². The van der Waals surface area contributed by atoms with Crippen molar-refractivity contribution in [1.29, 1.82) is 0 Å². The van der Waals surface area contributed by atoms with Gasteiger partial charge in [-0.3, -0.25) is 0 Å². The molecule has 0 bridgehead atoms. The van der Waals surface area contributed by atoms with E-state index in [-0.39, 0.29) is 11.7 Å². The standard InChI is InChI=1S/C14H20FN3O2/c1-8-5-9(3-4-18(8)2)17-13-7-11(15)10(14(19)20)6-12(13)16/h6-9,17H,3-5,16H2,1-2H3,(H,19,20). The van der Waals surface area contributed by atoms with Crippen LogP contribution in [0.3, 0.4) is 0 Å². The van der Waals surface area contributed by atoms with E-state index < -0.39 is 17.3 Å². The van der Waals surface area contributed by atoms with Crippen LogP contribution in [-0.2, 0) is 0 Å². The summed E-state index contributed by atoms with van der Waals surface area (Å²) in [5, 5.41) is 12.1. The summed E-state index contributed by atoms with van der Waals surface area (Å²) < 4.78 is 13.7. The van der Waals surface area contributed by atoms with Gasteiger partial charge in [0, 0.05) is 18.6 Å². The lowest BCUT2D eigenvalue weighted by molar-refractivity contribution is 0.0692. The Morgan fingerprint density at radius 3 is 2.85 bits per heavy atom. The predicted octanol–water partition coefficient (Wildman–Crippen LogP) is 2.00. The number of anilines is 2. The van der Waals surface area contributed by atoms with Crippen molar-refractivity contribution in [3.05, 3.63) is 23.5 Å². The van der Waals surface area contributed by atoms with Crippen LogP contribution in [0.1, 0.15) is 30.1 Å². The number of likely N-dealkylation sites (tertiary alicyclic amines) is 1. The molecule has 2 unspecified atom stereocenters. The molecule has 0 spiro atoms. The van der Waals surface area contributed by atoms with E-state index in [1.54, 1.807) is 0 Å². The molecule has 1 aromatic rings. The molecule has 1 aromatic carbocycles. The SMILES string of the molecule is CC1CC(Nc2cc(F)c(C(=O)O)cc2N)CCN1C. The van der Waals surface area contributed by atoms with E-state index in [2.05, 4.69) is 24.2 Å². The maximum absolute atomic E-state index is 13.7. The summed E-state index contributed by atoms with van der Waals surface area (Å²) >= 11 is 0. The zero-order valence-electron chi connectivity index (χ0n) is 11.7. The number of nitrogens with one attached hydrogen (secondary N) is 1. The van der Waals surface area contributed by atoms with E-state index in [9.17, 15) is 9.18 Å². The van der Waals surface area contributed by atoms with Crippen molar-refractivity contribution in [3.63, 3.8) is 0 Å². The van der Waals surface area contributed by atoms with E-state index in [4.69, 9.17) is 10.8 Å². The molecular formula is C14H20FN3O2. The summed E-state index contributed by atoms with van der Waals surface area (Å²) in [6, 6.07) is 3.00. The molecule has 6 heteroatoms. The number of aromatic carboxylic acids is 1. The van der Waals surface area contributed by atoms with Crippen LogP contribution in [0.25, 0.3) is 0 Å². The van der Waals surface area contributed by atoms with Crippen LogP contribution in [0, 0.1) is 5.82 Å². The van der Waals surface area contributed by atoms with Gasteiger partial charge in [0.1, 0.15) is 5.82 Å². The van der Waals surface area contributed by atoms with Gasteiger partial charge in [0.2, 0.25) is 0 Å². The minimum absolute atomic E-state index is 0.221. The number of nitrogen functional groups attached to an aromatic ring is 1. The van der Waals surface area contributed by atoms with Gasteiger partial charge in [-0.25, -0.2) is 9.18 Å². The Bertz CT molecular complexity index is 521. The third kappa shape index (κ3) is 3.01. The molecule has 4 N–H and O–H groups in total. The summed E-state index contributed by atoms with van der Waals surface area (Å²) in [5.41, 5.74) is 6.13. The van der Waals surface area contributed by atoms with Crippen molar-refractivity contribution in [2.75, 3.05) is 24.6 Å². The molecule has 0 aromatic heterocycles. The highest BCUT2D eigenvalue weighted by molar-refractivity contribution is 5.90. The lowest BCUT2D eigenvalue weighted by atomic mass is 9.98. The van der Waals surface area contributed by atoms with Crippen LogP contribution in [0.4, 0.5) is 15.8 Å². The first-order valence-corrected chi connectivity index (χ1v) is 6.67. The van der Waals surface area contributed by atoms with Crippen molar-refractivity contribution < 1.29 is 14.3 Å². The molecule has 0 amide bonds. The highest BCUT2D eigenvalue weighted by atomic mass is 19.1. The fourth-order valence-electron chi connectivity index (χ4n) is 2.52. The van der Waals surface area contributed by atoms with Crippen molar-refractivity contribution in [2.45, 2.75) is 31.8 Å². The third-order valence-electron chi connectivity index (χ3n) is 3.94. The summed E-state index contributed by atoms with van der Waals surface area (Å²) in [6.45, 7) is 3.11. The normalized spacial score (nSPS) is 23.6. The molecule has 110 valence electrons. The summed E-state index contributed by atoms with van der Waals surface area (Å²) in [7, 11) is 2.08. The summed E-state index contributed by atoms with van der Waals surface area (Å²) in [6.07, 6.45) is 1.89. The van der Waals surface area contributed by atoms with Crippen LogP contribution in [0.15, 0.2) is 12.1 Å². The van der Waals surface area contributed by atoms with Gasteiger partial charge in [-0.1, -0.05) is 0 Å². The molecular weight excluding hydrogens is 261 g/mol. The number of nitrogens with zero attached hydrogens (tertiary/aromatic N) is 1. The molecule has 1 fully saturated rings. The molecule has 1 heterocycles. The molecule has 0 saturated carbocycles. The molecule has 1 aliphatic rings. The Morgan fingerprint density at radius 1 is 1.55 bits per heavy atom. The Morgan fingerprint density at radius 2 is 2.25 bits per heavy atom. The monoisotopic (exact) mass is 281 g/mol. The molecule has 1 aliphatic heterocycles. The number of nitrogens with two attached hydrogens (primary N) is 1. The lowest BCUT2D eigenvalue weighted by Crippen LogP contribution is -2.42. The van der Waals surface area contributed by atoms with Crippen molar-refractivity contribution in [1.82, 2.24) is 4.90 Å². The van der Waals surface area contributed by atoms with E-state index in [1.165, 1.54) is 12.1 Å². The number of rotatable bonds is 3. The van der Waals surface area contributed by atoms with Gasteiger partial charge >= 0.3 is 5.97 Å². The Labute approximate surface area is 117 Å². The minimum atomic E-state index is -1.31. The third-order valence-corrected chi connectivity index (χ3v) is 3.94. The first kappa shape index (κ1) is 14.6. The molecule has 0 aliphatic carbocycles. The first-order valence-electron chi connectivity index (χ1n) is 6.67. The Balaban J connectivity index is 2.14. The number of carboxylic acid groups (broad SMARTS) is 1. The largest absolute Gasteiger partial charge is 0.478 e. The van der Waals surface area contributed by atoms with Crippen LogP contribution in [0.5, 0.6) is 0 Å². The van der Waals surface area contributed by atoms with E-state index in [0.29, 0.717) is 11.7 Å². The fourth-order valence-corrected chi connectivity index (χ4v) is 2.52. The van der Waals surface area contributed by atoms with Gasteiger partial charge < -0.3 is 21.1 Å². The maximum atomic E-state index is 13.7. The number of piperidine rings is 1. The molecule has 5 nitrogen and oxygen atoms in total. The average Bonchev–Trinajstić information content (AvgIpc) is 2.37. The predicted molar refractivity (Wildman–Crippen MR) is 76.5 cm³/mol. The van der Waals surface area contributed by atoms with E-state index in [1.807, 2.05) is 0 Å². The first-order chi connectivity index (χ1) is 9.38. The maximum Gasteiger partial charge on any atom is 0.338 e. The fraction of sp³-hybridized carbons (Fsp3) is 0.500. The van der Waals surface area contributed by atoms with Gasteiger partial charge in [-0.05, 0) is 38.9 Å². The topological polar surface area (TPSA) is 78.6 Å². The van der Waals surface area contributed by atoms with Crippen molar-refractivity contribution >= 4 is 17.3 Å².